The summed E-state index contributed by atoms with van der Waals surface area (Å²) < 4.78 is 186. The van der Waals surface area contributed by atoms with Gasteiger partial charge in [0, 0.05) is 98.8 Å². The number of fused-ring (bicyclic) bond motifs is 6. The third-order valence-electron chi connectivity index (χ3n) is 17.4. The summed E-state index contributed by atoms with van der Waals surface area (Å²) in [6, 6.07) is 23.4. The number of benzene rings is 6. The number of ether oxygens (including phenoxy) is 12. The van der Waals surface area contributed by atoms with E-state index >= 15 is 0 Å². The normalized spacial score (nSPS) is 11.8. The number of halogens is 8. The molecule has 0 spiro atoms. The molecule has 0 N–H and O–H groups in total. The topological polar surface area (TPSA) is 243 Å². The van der Waals surface area contributed by atoms with E-state index in [1.165, 1.54) is 67.1 Å². The maximum Gasteiger partial charge on any atom is 0.418 e. The molecule has 24 nitrogen and oxygen atoms in total. The number of rotatable bonds is 17. The first-order valence-electron chi connectivity index (χ1n) is 42.9. The quantitative estimate of drug-likeness (QED) is 0.0607. The number of carbonyl (C=O) groups is 6. The largest absolute Gasteiger partial charge is 0.488 e. The lowest BCUT2D eigenvalue weighted by molar-refractivity contribution is 0.117. The molecule has 0 bridgehead atoms. The van der Waals surface area contributed by atoms with Crippen molar-refractivity contribution in [2.24, 2.45) is 0 Å². The molecule has 6 aromatic heterocycles. The van der Waals surface area contributed by atoms with Gasteiger partial charge >= 0.3 is 36.6 Å². The van der Waals surface area contributed by atoms with Crippen LogP contribution in [0.1, 0.15) is 217 Å². The molecular formula is C98H122F8N6O18. The third-order valence-corrected chi connectivity index (χ3v) is 17.4. The predicted molar refractivity (Wildman–Crippen MR) is 485 cm³/mol. The Morgan fingerprint density at radius 2 is 0.638 bits per heavy atom. The van der Waals surface area contributed by atoms with Gasteiger partial charge in [0.1, 0.15) is 39.4 Å². The molecule has 130 heavy (non-hydrogen) atoms. The van der Waals surface area contributed by atoms with Crippen molar-refractivity contribution in [1.29, 1.82) is 0 Å². The van der Waals surface area contributed by atoms with E-state index < -0.39 is 117 Å². The Labute approximate surface area is 752 Å². The second-order valence-electron chi connectivity index (χ2n) is 36.5. The SMILES string of the molecule is CC(C)OC(=O)n1ccc2cc(OC(C)(C)C)c(F)cc21.CCCOC(=O)n1c(C)cc2c(F)c(OC(C)(C)C)cc(F)c21.CCCOC(=O)n1c(C)cc2cc(OC(C)(C)C)cc(F)c21.CCCOC(=O)n1ccc2c(F)c(OC(C)(C)C)cc(F)c21.CCCOC(=O)n1ccc2c(F)c(OC(C)(C)C)ccc21.CCCOC(=O)n1ccc2cc(OC(C)(C)C)c(F)cc21. The Bertz CT molecular complexity index is 5950. The maximum absolute atomic E-state index is 14.6. The Kier molecular flexibility index (Phi) is 35.3. The van der Waals surface area contributed by atoms with Crippen LogP contribution in [0.2, 0.25) is 0 Å². The van der Waals surface area contributed by atoms with Crippen molar-refractivity contribution in [1.82, 2.24) is 27.4 Å². The lowest BCUT2D eigenvalue weighted by atomic mass is 10.1. The predicted octanol–water partition coefficient (Wildman–Crippen LogP) is 27.0. The highest BCUT2D eigenvalue weighted by atomic mass is 19.2. The highest BCUT2D eigenvalue weighted by Gasteiger charge is 2.30. The molecular weight excluding hydrogens is 1700 g/mol. The molecule has 0 saturated carbocycles. The molecule has 0 aliphatic carbocycles. The Hall–Kier alpha value is -12.4. The number of hydrogen-bond donors (Lipinski definition) is 0. The molecule has 6 heterocycles. The molecule has 0 radical (unpaired) electrons. The van der Waals surface area contributed by atoms with Gasteiger partial charge in [0.15, 0.2) is 75.3 Å². The molecule has 12 aromatic rings. The van der Waals surface area contributed by atoms with Crippen LogP contribution >= 0.6 is 0 Å². The summed E-state index contributed by atoms with van der Waals surface area (Å²) in [6.07, 6.45) is 5.64. The average molecular weight is 1820 g/mol. The third kappa shape index (κ3) is 28.6. The first-order chi connectivity index (χ1) is 60.4. The van der Waals surface area contributed by atoms with Crippen molar-refractivity contribution in [3.8, 4) is 34.5 Å². The van der Waals surface area contributed by atoms with Gasteiger partial charge in [-0.3, -0.25) is 13.7 Å². The minimum Gasteiger partial charge on any atom is -0.488 e. The van der Waals surface area contributed by atoms with Crippen molar-refractivity contribution < 1.29 is 121 Å². The van der Waals surface area contributed by atoms with Gasteiger partial charge in [-0.1, -0.05) is 34.6 Å². The summed E-state index contributed by atoms with van der Waals surface area (Å²) in [5.41, 5.74) is -0.872. The molecule has 0 unspecified atom stereocenters. The molecule has 0 fully saturated rings. The zero-order valence-electron chi connectivity index (χ0n) is 79.3. The highest BCUT2D eigenvalue weighted by Crippen LogP contribution is 2.38. The monoisotopic (exact) mass is 1820 g/mol. The Morgan fingerprint density at radius 3 is 1.07 bits per heavy atom. The standard InChI is InChI=1S/C17H21F2NO3.C17H22FNO3.C16H19F2NO3.3C16H20FNO3/c1-6-7-22-16(21)20-10(2)8-11-14(19)13(23-17(3,4)5)9-12(18)15(11)20;1-6-7-21-16(20)19-11(2)8-12-9-13(22-17(3,4)5)10-14(18)15(12)19;1-5-8-21-15(20)19-7-6-10-13(18)12(22-16(2,3)4)9-11(17)14(10)19;1-10(2)20-15(19)18-7-6-11-8-14(21-16(3,4)5)12(17)9-13(11)18;1-5-10-20-15(19)18-9-8-11-12(18)6-7-13(14(11)17)21-16(2,3)4;1-5-8-20-15(19)18-7-6-11-9-14(21-16(2,3)4)12(17)10-13(11)18/h8-9H,6-7H2,1-5H3;8-10H,6-7H2,1-5H3;6-7,9H,5,8H2,1-4H3;6-10H,1-5H3;6-9H,5,10H2,1-4H3;6-7,9-10H,5,8H2,1-4H3. The molecule has 708 valence electrons. The summed E-state index contributed by atoms with van der Waals surface area (Å²) in [4.78, 5) is 71.8. The van der Waals surface area contributed by atoms with Gasteiger partial charge in [0.2, 0.25) is 0 Å². The zero-order valence-corrected chi connectivity index (χ0v) is 79.3. The maximum atomic E-state index is 14.6. The van der Waals surface area contributed by atoms with Gasteiger partial charge in [-0.2, -0.15) is 0 Å². The van der Waals surface area contributed by atoms with Crippen LogP contribution in [0.4, 0.5) is 63.9 Å². The fourth-order valence-corrected chi connectivity index (χ4v) is 12.6. The Balaban J connectivity index is 0.000000213. The minimum absolute atomic E-state index is 0.00445. The van der Waals surface area contributed by atoms with E-state index in [2.05, 4.69) is 0 Å². The van der Waals surface area contributed by atoms with Crippen LogP contribution in [0, 0.1) is 60.4 Å². The Morgan fingerprint density at radius 1 is 0.300 bits per heavy atom. The first-order valence-corrected chi connectivity index (χ1v) is 42.9. The summed E-state index contributed by atoms with van der Waals surface area (Å²) >= 11 is 0. The van der Waals surface area contributed by atoms with Crippen LogP contribution in [0.15, 0.2) is 122 Å². The van der Waals surface area contributed by atoms with Gasteiger partial charge in [-0.25, -0.2) is 77.6 Å². The van der Waals surface area contributed by atoms with E-state index in [1.807, 2.05) is 118 Å². The van der Waals surface area contributed by atoms with Crippen molar-refractivity contribution in [3.05, 3.63) is 180 Å². The molecule has 0 aliphatic heterocycles. The molecule has 0 amide bonds. The summed E-state index contributed by atoms with van der Waals surface area (Å²) in [5, 5.41) is 2.37. The number of aromatic nitrogens is 6. The second kappa shape index (κ2) is 43.8. The van der Waals surface area contributed by atoms with Crippen molar-refractivity contribution in [2.45, 2.75) is 259 Å². The van der Waals surface area contributed by atoms with Crippen molar-refractivity contribution in [3.63, 3.8) is 0 Å². The van der Waals surface area contributed by atoms with E-state index in [0.29, 0.717) is 77.1 Å². The molecule has 0 aliphatic rings. The fraction of sp³-hybridized carbons (Fsp3) is 0.449. The summed E-state index contributed by atoms with van der Waals surface area (Å²) in [7, 11) is 0. The van der Waals surface area contributed by atoms with E-state index in [1.54, 1.807) is 130 Å². The average Bonchev–Trinajstić information content (AvgIpc) is 1.61. The van der Waals surface area contributed by atoms with Gasteiger partial charge in [-0.15, -0.1) is 0 Å². The summed E-state index contributed by atoms with van der Waals surface area (Å²) in [5.74, 6) is -4.24. The van der Waals surface area contributed by atoms with E-state index in [0.717, 1.165) is 51.3 Å². The van der Waals surface area contributed by atoms with Gasteiger partial charge in [-0.05, 0) is 251 Å². The molecule has 12 rings (SSSR count). The minimum atomic E-state index is -0.742. The van der Waals surface area contributed by atoms with Gasteiger partial charge in [0.05, 0.1) is 72.2 Å². The number of nitrogens with zero attached hydrogens (tertiary/aromatic N) is 6. The fourth-order valence-electron chi connectivity index (χ4n) is 12.6. The van der Waals surface area contributed by atoms with Crippen LogP contribution in [-0.2, 0) is 28.4 Å². The van der Waals surface area contributed by atoms with E-state index in [4.69, 9.17) is 56.8 Å². The molecule has 32 heteroatoms. The van der Waals surface area contributed by atoms with Crippen LogP contribution in [0.3, 0.4) is 0 Å². The molecule has 6 aromatic carbocycles. The number of hydrogen-bond acceptors (Lipinski definition) is 18. The van der Waals surface area contributed by atoms with Crippen LogP contribution in [-0.4, -0.2) is 137 Å². The van der Waals surface area contributed by atoms with Crippen molar-refractivity contribution >= 4 is 102 Å². The van der Waals surface area contributed by atoms with Gasteiger partial charge in [0.25, 0.3) is 0 Å². The van der Waals surface area contributed by atoms with Crippen LogP contribution in [0.25, 0.3) is 65.4 Å². The van der Waals surface area contributed by atoms with Crippen molar-refractivity contribution in [2.75, 3.05) is 33.0 Å². The molecule has 0 atom stereocenters. The summed E-state index contributed by atoms with van der Waals surface area (Å²) in [6.45, 7) is 50.5. The smallest absolute Gasteiger partial charge is 0.418 e. The first kappa shape index (κ1) is 105. The van der Waals surface area contributed by atoms with Crippen LogP contribution < -0.4 is 28.4 Å². The van der Waals surface area contributed by atoms with Crippen LogP contribution in [0.5, 0.6) is 34.5 Å². The number of carbonyl (C=O) groups excluding carboxylic acids is 6. The zero-order chi connectivity index (χ0) is 97.4. The van der Waals surface area contributed by atoms with E-state index in [-0.39, 0.29) is 75.4 Å². The van der Waals surface area contributed by atoms with E-state index in [9.17, 15) is 63.9 Å². The van der Waals surface area contributed by atoms with Gasteiger partial charge < -0.3 is 56.8 Å². The number of aryl methyl sites for hydroxylation is 2. The molecule has 0 saturated heterocycles. The second-order valence-corrected chi connectivity index (χ2v) is 36.5. The highest BCUT2D eigenvalue weighted by molar-refractivity contribution is 5.96. The lowest BCUT2D eigenvalue weighted by Gasteiger charge is -2.22. The lowest BCUT2D eigenvalue weighted by Crippen LogP contribution is -2.23.